The maximum Gasteiger partial charge on any atom is 0.251 e. The number of sulfonamides is 1. The van der Waals surface area contributed by atoms with Gasteiger partial charge in [-0.1, -0.05) is 55.8 Å². The first-order chi connectivity index (χ1) is 13.3. The van der Waals surface area contributed by atoms with Crippen molar-refractivity contribution >= 4 is 27.5 Å². The van der Waals surface area contributed by atoms with Crippen molar-refractivity contribution in [1.29, 1.82) is 0 Å². The van der Waals surface area contributed by atoms with Crippen LogP contribution in [0.15, 0.2) is 53.4 Å². The zero-order chi connectivity index (χ0) is 20.3. The summed E-state index contributed by atoms with van der Waals surface area (Å²) >= 11 is 6.18. The molecule has 1 atom stereocenters. The van der Waals surface area contributed by atoms with E-state index in [-0.39, 0.29) is 33.3 Å². The third-order valence-electron chi connectivity index (χ3n) is 4.99. The highest BCUT2D eigenvalue weighted by Crippen LogP contribution is 2.29. The Morgan fingerprint density at radius 2 is 1.71 bits per heavy atom. The zero-order valence-electron chi connectivity index (χ0n) is 16.1. The van der Waals surface area contributed by atoms with Crippen LogP contribution in [0.4, 0.5) is 0 Å². The summed E-state index contributed by atoms with van der Waals surface area (Å²) in [5.41, 5.74) is 1.29. The highest BCUT2D eigenvalue weighted by molar-refractivity contribution is 7.89. The van der Waals surface area contributed by atoms with E-state index in [1.807, 2.05) is 44.2 Å². The average Bonchev–Trinajstić information content (AvgIpc) is 3.22. The van der Waals surface area contributed by atoms with Crippen LogP contribution in [-0.2, 0) is 10.0 Å². The van der Waals surface area contributed by atoms with Gasteiger partial charge in [-0.05, 0) is 42.5 Å². The number of amides is 1. The monoisotopic (exact) mass is 420 g/mol. The Morgan fingerprint density at radius 1 is 1.07 bits per heavy atom. The first-order valence-electron chi connectivity index (χ1n) is 9.46. The molecule has 2 aromatic rings. The predicted molar refractivity (Wildman–Crippen MR) is 111 cm³/mol. The molecule has 150 valence electrons. The van der Waals surface area contributed by atoms with Gasteiger partial charge in [0.1, 0.15) is 4.90 Å². The summed E-state index contributed by atoms with van der Waals surface area (Å²) in [6, 6.07) is 14.0. The Labute approximate surface area is 171 Å². The topological polar surface area (TPSA) is 66.5 Å². The van der Waals surface area contributed by atoms with E-state index in [9.17, 15) is 13.2 Å². The van der Waals surface area contributed by atoms with E-state index in [2.05, 4.69) is 5.32 Å². The molecule has 1 aliphatic heterocycles. The highest BCUT2D eigenvalue weighted by atomic mass is 35.5. The van der Waals surface area contributed by atoms with Crippen molar-refractivity contribution in [2.75, 3.05) is 13.1 Å². The third kappa shape index (κ3) is 4.40. The molecule has 0 radical (unpaired) electrons. The van der Waals surface area contributed by atoms with Gasteiger partial charge in [0.15, 0.2) is 0 Å². The molecule has 1 heterocycles. The molecule has 1 aliphatic rings. The van der Waals surface area contributed by atoms with Gasteiger partial charge in [-0.3, -0.25) is 4.79 Å². The van der Waals surface area contributed by atoms with E-state index in [4.69, 9.17) is 11.6 Å². The number of halogens is 1. The van der Waals surface area contributed by atoms with Crippen LogP contribution >= 0.6 is 11.6 Å². The summed E-state index contributed by atoms with van der Waals surface area (Å²) in [7, 11) is -3.70. The predicted octanol–water partition coefficient (Wildman–Crippen LogP) is 4.25. The number of rotatable bonds is 6. The lowest BCUT2D eigenvalue weighted by Gasteiger charge is -2.23. The lowest BCUT2D eigenvalue weighted by atomic mass is 9.95. The fourth-order valence-corrected chi connectivity index (χ4v) is 5.45. The van der Waals surface area contributed by atoms with Gasteiger partial charge in [-0.15, -0.1) is 0 Å². The molecule has 7 heteroatoms. The minimum absolute atomic E-state index is 0.00970. The van der Waals surface area contributed by atoms with E-state index in [0.29, 0.717) is 13.1 Å². The molecule has 0 spiro atoms. The second-order valence-corrected chi connectivity index (χ2v) is 9.68. The Balaban J connectivity index is 1.88. The van der Waals surface area contributed by atoms with Crippen molar-refractivity contribution in [3.63, 3.8) is 0 Å². The highest BCUT2D eigenvalue weighted by Gasteiger charge is 2.30. The largest absolute Gasteiger partial charge is 0.345 e. The van der Waals surface area contributed by atoms with Crippen LogP contribution in [0.3, 0.4) is 0 Å². The number of carbonyl (C=O) groups is 1. The number of carbonyl (C=O) groups excluding carboxylic acids is 1. The van der Waals surface area contributed by atoms with Crippen molar-refractivity contribution < 1.29 is 13.2 Å². The second kappa shape index (κ2) is 8.64. The smallest absolute Gasteiger partial charge is 0.251 e. The van der Waals surface area contributed by atoms with Gasteiger partial charge < -0.3 is 5.32 Å². The van der Waals surface area contributed by atoms with E-state index >= 15 is 0 Å². The second-order valence-electron chi connectivity index (χ2n) is 7.36. The molecule has 0 aromatic heterocycles. The van der Waals surface area contributed by atoms with Crippen LogP contribution in [0, 0.1) is 5.92 Å². The van der Waals surface area contributed by atoms with Crippen molar-refractivity contribution in [1.82, 2.24) is 9.62 Å². The fraction of sp³-hybridized carbons (Fsp3) is 0.381. The molecule has 0 saturated carbocycles. The molecule has 0 unspecified atom stereocenters. The van der Waals surface area contributed by atoms with Crippen molar-refractivity contribution in [3.8, 4) is 0 Å². The molecule has 1 saturated heterocycles. The first kappa shape index (κ1) is 20.8. The minimum atomic E-state index is -3.70. The van der Waals surface area contributed by atoms with Gasteiger partial charge in [0.2, 0.25) is 10.0 Å². The van der Waals surface area contributed by atoms with Gasteiger partial charge in [0.05, 0.1) is 11.1 Å². The third-order valence-corrected chi connectivity index (χ3v) is 7.37. The first-order valence-corrected chi connectivity index (χ1v) is 11.3. The molecule has 0 bridgehead atoms. The summed E-state index contributed by atoms with van der Waals surface area (Å²) in [5.74, 6) is -0.149. The Kier molecular flexibility index (Phi) is 6.43. The van der Waals surface area contributed by atoms with Gasteiger partial charge in [0.25, 0.3) is 5.91 Å². The molecule has 1 amide bonds. The normalized spacial score (nSPS) is 16.3. The Bertz CT molecular complexity index is 939. The van der Waals surface area contributed by atoms with Crippen LogP contribution in [0.25, 0.3) is 0 Å². The van der Waals surface area contributed by atoms with Crippen LogP contribution in [0.1, 0.15) is 48.7 Å². The molecular weight excluding hydrogens is 396 g/mol. The van der Waals surface area contributed by atoms with Crippen molar-refractivity contribution in [2.24, 2.45) is 5.92 Å². The standard InChI is InChI=1S/C21H25ClN2O3S/c1-15(2)20(16-8-4-3-5-9-16)23-21(25)17-10-11-18(22)19(14-17)28(26,27)24-12-6-7-13-24/h3-5,8-11,14-15,20H,6-7,12-13H2,1-2H3,(H,23,25)/t20-/m0/s1. The van der Waals surface area contributed by atoms with E-state index in [1.165, 1.54) is 16.4 Å². The summed E-state index contributed by atoms with van der Waals surface area (Å²) in [6.45, 7) is 5.03. The number of hydrogen-bond donors (Lipinski definition) is 1. The Morgan fingerprint density at radius 3 is 2.32 bits per heavy atom. The molecule has 3 rings (SSSR count). The van der Waals surface area contributed by atoms with Crippen LogP contribution in [-0.4, -0.2) is 31.7 Å². The zero-order valence-corrected chi connectivity index (χ0v) is 17.6. The van der Waals surface area contributed by atoms with Crippen molar-refractivity contribution in [2.45, 2.75) is 37.6 Å². The van der Waals surface area contributed by atoms with Gasteiger partial charge in [-0.2, -0.15) is 4.31 Å². The van der Waals surface area contributed by atoms with Gasteiger partial charge >= 0.3 is 0 Å². The van der Waals surface area contributed by atoms with Gasteiger partial charge in [-0.25, -0.2) is 8.42 Å². The van der Waals surface area contributed by atoms with Crippen LogP contribution in [0.5, 0.6) is 0 Å². The number of nitrogens with zero attached hydrogens (tertiary/aromatic N) is 1. The maximum absolute atomic E-state index is 12.9. The van der Waals surface area contributed by atoms with E-state index in [0.717, 1.165) is 18.4 Å². The lowest BCUT2D eigenvalue weighted by Crippen LogP contribution is -2.32. The molecular formula is C21H25ClN2O3S. The summed E-state index contributed by atoms with van der Waals surface area (Å²) < 4.78 is 27.2. The number of benzene rings is 2. The van der Waals surface area contributed by atoms with Crippen LogP contribution in [0.2, 0.25) is 5.02 Å². The quantitative estimate of drug-likeness (QED) is 0.759. The maximum atomic E-state index is 12.9. The molecule has 28 heavy (non-hydrogen) atoms. The number of hydrogen-bond acceptors (Lipinski definition) is 3. The summed E-state index contributed by atoms with van der Waals surface area (Å²) in [6.07, 6.45) is 1.67. The molecule has 1 N–H and O–H groups in total. The SMILES string of the molecule is CC(C)[C@H](NC(=O)c1ccc(Cl)c(S(=O)(=O)N2CCCC2)c1)c1ccccc1. The van der Waals surface area contributed by atoms with Crippen LogP contribution < -0.4 is 5.32 Å². The minimum Gasteiger partial charge on any atom is -0.345 e. The van der Waals surface area contributed by atoms with E-state index < -0.39 is 10.0 Å². The number of nitrogens with one attached hydrogen (secondary N) is 1. The summed E-state index contributed by atoms with van der Waals surface area (Å²) in [5, 5.41) is 3.16. The average molecular weight is 421 g/mol. The molecule has 1 fully saturated rings. The fourth-order valence-electron chi connectivity index (χ4n) is 3.43. The van der Waals surface area contributed by atoms with E-state index in [1.54, 1.807) is 6.07 Å². The van der Waals surface area contributed by atoms with Crippen molar-refractivity contribution in [3.05, 3.63) is 64.7 Å². The molecule has 5 nitrogen and oxygen atoms in total. The molecule has 2 aromatic carbocycles. The lowest BCUT2D eigenvalue weighted by molar-refractivity contribution is 0.0925. The van der Waals surface area contributed by atoms with Gasteiger partial charge in [0, 0.05) is 18.7 Å². The Hall–Kier alpha value is -1.89. The molecule has 0 aliphatic carbocycles. The summed E-state index contributed by atoms with van der Waals surface area (Å²) in [4.78, 5) is 12.9.